The van der Waals surface area contributed by atoms with Crippen LogP contribution in [0.5, 0.6) is 0 Å². The molecule has 242 valence electrons. The van der Waals surface area contributed by atoms with Crippen LogP contribution < -0.4 is 4.90 Å². The van der Waals surface area contributed by atoms with Crippen LogP contribution in [0.1, 0.15) is 65.5 Å². The first-order chi connectivity index (χ1) is 20.3. The number of benzene rings is 2. The molecule has 1 saturated carbocycles. The number of rotatable bonds is 9. The molecule has 1 fully saturated rings. The number of aromatic nitrogens is 4. The van der Waals surface area contributed by atoms with Crippen molar-refractivity contribution in [2.45, 2.75) is 69.5 Å². The van der Waals surface area contributed by atoms with Gasteiger partial charge >= 0.3 is 18.5 Å². The van der Waals surface area contributed by atoms with Gasteiger partial charge < -0.3 is 4.90 Å². The molecule has 7 nitrogen and oxygen atoms in total. The maximum Gasteiger partial charge on any atom is 0.416 e. The number of nitrogens with zero attached hydrogens (tertiary/aromatic N) is 5. The highest BCUT2D eigenvalue weighted by Gasteiger charge is 2.37. The zero-order valence-corrected chi connectivity index (χ0v) is 24.1. The molecule has 1 aromatic heterocycles. The van der Waals surface area contributed by atoms with Crippen molar-refractivity contribution in [2.24, 2.45) is 13.0 Å². The van der Waals surface area contributed by atoms with Crippen molar-refractivity contribution in [1.82, 2.24) is 20.2 Å². The summed E-state index contributed by atoms with van der Waals surface area (Å²) in [7, 11) is -2.47. The van der Waals surface area contributed by atoms with Crippen molar-refractivity contribution in [3.05, 3.63) is 69.8 Å². The van der Waals surface area contributed by atoms with Gasteiger partial charge in [0.15, 0.2) is 9.84 Å². The Bertz CT molecular complexity index is 1530. The lowest BCUT2D eigenvalue weighted by molar-refractivity contribution is -0.143. The lowest BCUT2D eigenvalue weighted by Gasteiger charge is -2.25. The fourth-order valence-electron chi connectivity index (χ4n) is 5.23. The minimum atomic E-state index is -5.13. The van der Waals surface area contributed by atoms with E-state index in [9.17, 15) is 47.9 Å². The molecule has 0 amide bonds. The van der Waals surface area contributed by atoms with E-state index in [0.717, 1.165) is 41.1 Å². The smallest absolute Gasteiger partial charge is 0.330 e. The molecule has 44 heavy (non-hydrogen) atoms. The van der Waals surface area contributed by atoms with E-state index in [2.05, 4.69) is 15.4 Å². The maximum absolute atomic E-state index is 13.7. The third-order valence-electron chi connectivity index (χ3n) is 7.29. The number of halogens is 9. The third kappa shape index (κ3) is 8.85. The van der Waals surface area contributed by atoms with E-state index in [0.29, 0.717) is 31.0 Å². The number of aryl methyl sites for hydroxylation is 1. The SMILES string of the molecule is Cn1nnc(N(Cc2cc(C(F)(F)F)cc(C(F)(F)F)c2)Cc2cc(C(F)(F)F)ccc2CS(=O)(=O)CC2CCCCC2)n1. The highest BCUT2D eigenvalue weighted by molar-refractivity contribution is 7.90. The first kappa shape index (κ1) is 33.5. The van der Waals surface area contributed by atoms with E-state index >= 15 is 0 Å². The Morgan fingerprint density at radius 1 is 0.795 bits per heavy atom. The van der Waals surface area contributed by atoms with Gasteiger partial charge in [0.25, 0.3) is 5.95 Å². The predicted molar refractivity (Wildman–Crippen MR) is 141 cm³/mol. The molecular formula is C27H28F9N5O2S. The Labute approximate surface area is 247 Å². The average Bonchev–Trinajstić information content (AvgIpc) is 3.33. The van der Waals surface area contributed by atoms with E-state index in [1.54, 1.807) is 0 Å². The van der Waals surface area contributed by atoms with Crippen LogP contribution in [-0.2, 0) is 54.3 Å². The molecule has 2 aromatic carbocycles. The van der Waals surface area contributed by atoms with Gasteiger partial charge in [0.1, 0.15) is 0 Å². The summed E-state index contributed by atoms with van der Waals surface area (Å²) < 4.78 is 148. The monoisotopic (exact) mass is 657 g/mol. The predicted octanol–water partition coefficient (Wildman–Crippen LogP) is 6.97. The Hall–Kier alpha value is -3.37. The molecule has 0 aliphatic heterocycles. The van der Waals surface area contributed by atoms with Gasteiger partial charge in [0.2, 0.25) is 0 Å². The number of hydrogen-bond acceptors (Lipinski definition) is 6. The van der Waals surface area contributed by atoms with E-state index in [1.807, 2.05) is 0 Å². The zero-order chi connectivity index (χ0) is 32.5. The van der Waals surface area contributed by atoms with Crippen molar-refractivity contribution in [2.75, 3.05) is 10.7 Å². The van der Waals surface area contributed by atoms with Gasteiger partial charge in [0, 0.05) is 13.1 Å². The second-order valence-corrected chi connectivity index (χ2v) is 13.0. The fraction of sp³-hybridized carbons (Fsp3) is 0.519. The summed E-state index contributed by atoms with van der Waals surface area (Å²) in [6.07, 6.45) is -10.9. The largest absolute Gasteiger partial charge is 0.416 e. The van der Waals surface area contributed by atoms with Crippen LogP contribution in [0.4, 0.5) is 45.5 Å². The summed E-state index contributed by atoms with van der Waals surface area (Å²) in [5, 5.41) is 11.3. The fourth-order valence-corrected chi connectivity index (χ4v) is 7.16. The van der Waals surface area contributed by atoms with Gasteiger partial charge in [-0.3, -0.25) is 0 Å². The number of sulfone groups is 1. The Morgan fingerprint density at radius 2 is 1.39 bits per heavy atom. The van der Waals surface area contributed by atoms with Gasteiger partial charge in [-0.15, -0.1) is 5.10 Å². The topological polar surface area (TPSA) is 81.0 Å². The summed E-state index contributed by atoms with van der Waals surface area (Å²) in [4.78, 5) is 1.98. The molecule has 0 bridgehead atoms. The van der Waals surface area contributed by atoms with Crippen LogP contribution in [-0.4, -0.2) is 34.4 Å². The summed E-state index contributed by atoms with van der Waals surface area (Å²) in [5.74, 6) is -1.17. The van der Waals surface area contributed by atoms with Crippen LogP contribution in [0.2, 0.25) is 0 Å². The highest BCUT2D eigenvalue weighted by atomic mass is 32.2. The lowest BCUT2D eigenvalue weighted by Crippen LogP contribution is -2.26. The van der Waals surface area contributed by atoms with Crippen molar-refractivity contribution in [1.29, 1.82) is 0 Å². The van der Waals surface area contributed by atoms with Crippen LogP contribution in [0.3, 0.4) is 0 Å². The first-order valence-corrected chi connectivity index (χ1v) is 15.3. The Kier molecular flexibility index (Phi) is 9.57. The molecule has 1 heterocycles. The van der Waals surface area contributed by atoms with E-state index < -0.39 is 69.5 Å². The molecule has 4 rings (SSSR count). The van der Waals surface area contributed by atoms with Gasteiger partial charge in [-0.05, 0) is 71.0 Å². The number of alkyl halides is 9. The standard InChI is InChI=1S/C27H28F9N5O2S/c1-40-38-24(37-39-40)41(13-18-9-22(26(31,32)33)12-23(10-18)27(34,35)36)14-20-11-21(25(28,29)30)8-7-19(20)16-44(42,43)15-17-5-3-2-4-6-17/h7-12,17H,2-6,13-16H2,1H3. The Balaban J connectivity index is 1.75. The van der Waals surface area contributed by atoms with Crippen LogP contribution in [0.25, 0.3) is 0 Å². The van der Waals surface area contributed by atoms with Gasteiger partial charge in [-0.2, -0.15) is 44.3 Å². The van der Waals surface area contributed by atoms with E-state index in [4.69, 9.17) is 0 Å². The average molecular weight is 658 g/mol. The second kappa shape index (κ2) is 12.6. The molecule has 1 aliphatic carbocycles. The maximum atomic E-state index is 13.7. The third-order valence-corrected chi connectivity index (χ3v) is 9.02. The van der Waals surface area contributed by atoms with Crippen molar-refractivity contribution >= 4 is 15.8 Å². The lowest BCUT2D eigenvalue weighted by atomic mass is 9.91. The molecule has 1 aliphatic rings. The molecule has 17 heteroatoms. The normalized spacial score (nSPS) is 15.5. The van der Waals surface area contributed by atoms with Crippen LogP contribution in [0, 0.1) is 5.92 Å². The van der Waals surface area contributed by atoms with Gasteiger partial charge in [-0.25, -0.2) is 8.42 Å². The quantitative estimate of drug-likeness (QED) is 0.232. The second-order valence-electron chi connectivity index (χ2n) is 10.9. The molecule has 0 N–H and O–H groups in total. The number of hydrogen-bond donors (Lipinski definition) is 0. The van der Waals surface area contributed by atoms with Crippen molar-refractivity contribution in [3.8, 4) is 0 Å². The summed E-state index contributed by atoms with van der Waals surface area (Å²) in [5.41, 5.74) is -4.93. The minimum Gasteiger partial charge on any atom is -0.330 e. The van der Waals surface area contributed by atoms with Crippen LogP contribution >= 0.6 is 0 Å². The molecular weight excluding hydrogens is 629 g/mol. The number of tetrazole rings is 1. The minimum absolute atomic E-state index is 0.00252. The van der Waals surface area contributed by atoms with Crippen molar-refractivity contribution < 1.29 is 47.9 Å². The zero-order valence-electron chi connectivity index (χ0n) is 23.3. The van der Waals surface area contributed by atoms with Crippen LogP contribution in [0.15, 0.2) is 36.4 Å². The van der Waals surface area contributed by atoms with E-state index in [1.165, 1.54) is 7.05 Å². The molecule has 0 atom stereocenters. The summed E-state index contributed by atoms with van der Waals surface area (Å²) in [6.45, 7) is -1.29. The first-order valence-electron chi connectivity index (χ1n) is 13.5. The molecule has 0 unspecified atom stereocenters. The van der Waals surface area contributed by atoms with Gasteiger partial charge in [-0.1, -0.05) is 30.4 Å². The highest BCUT2D eigenvalue weighted by Crippen LogP contribution is 2.37. The summed E-state index contributed by atoms with van der Waals surface area (Å²) in [6, 6.07) is 3.38. The molecule has 0 radical (unpaired) electrons. The molecule has 0 spiro atoms. The van der Waals surface area contributed by atoms with Gasteiger partial charge in [0.05, 0.1) is 35.2 Å². The van der Waals surface area contributed by atoms with Crippen molar-refractivity contribution in [3.63, 3.8) is 0 Å². The van der Waals surface area contributed by atoms with E-state index in [-0.39, 0.29) is 34.8 Å². The molecule has 0 saturated heterocycles. The molecule has 3 aromatic rings. The number of anilines is 1. The summed E-state index contributed by atoms with van der Waals surface area (Å²) >= 11 is 0. The Morgan fingerprint density at radius 3 is 1.91 bits per heavy atom.